The Morgan fingerprint density at radius 2 is 2.00 bits per heavy atom. The van der Waals surface area contributed by atoms with Gasteiger partial charge in [0.25, 0.3) is 0 Å². The molecule has 0 radical (unpaired) electrons. The Morgan fingerprint density at radius 3 is 2.59 bits per heavy atom. The number of alkyl halides is 3. The summed E-state index contributed by atoms with van der Waals surface area (Å²) in [5, 5.41) is 9.34. The maximum atomic E-state index is 12.7. The number of β-amino-alcohol motifs (C(OH)–C–C–N with tert-alkyl or cyclic N) is 1. The van der Waals surface area contributed by atoms with Crippen LogP contribution < -0.4 is 0 Å². The summed E-state index contributed by atoms with van der Waals surface area (Å²) in [6.45, 7) is 1.34. The van der Waals surface area contributed by atoms with E-state index in [0.29, 0.717) is 19.5 Å². The van der Waals surface area contributed by atoms with Crippen molar-refractivity contribution in [1.29, 1.82) is 0 Å². The highest BCUT2D eigenvalue weighted by Gasteiger charge is 2.33. The monoisotopic (exact) mass is 245 g/mol. The maximum Gasteiger partial charge on any atom is 0.416 e. The largest absolute Gasteiger partial charge is 0.416 e. The van der Waals surface area contributed by atoms with E-state index in [1.165, 1.54) is 12.1 Å². The average molecular weight is 245 g/mol. The average Bonchev–Trinajstić information content (AvgIpc) is 2.63. The SMILES string of the molecule is O[C@@H]1CCN(Cc2ccccc2C(F)(F)F)C1. The molecule has 0 amide bonds. The van der Waals surface area contributed by atoms with E-state index in [1.54, 1.807) is 6.07 Å². The van der Waals surface area contributed by atoms with Crippen LogP contribution in [0.2, 0.25) is 0 Å². The summed E-state index contributed by atoms with van der Waals surface area (Å²) in [5.74, 6) is 0. The van der Waals surface area contributed by atoms with Crippen LogP contribution in [0.4, 0.5) is 13.2 Å². The second-order valence-electron chi connectivity index (χ2n) is 4.33. The minimum Gasteiger partial charge on any atom is -0.392 e. The van der Waals surface area contributed by atoms with Crippen molar-refractivity contribution in [1.82, 2.24) is 4.90 Å². The van der Waals surface area contributed by atoms with Crippen molar-refractivity contribution in [2.45, 2.75) is 25.2 Å². The van der Waals surface area contributed by atoms with Gasteiger partial charge < -0.3 is 5.11 Å². The van der Waals surface area contributed by atoms with Gasteiger partial charge in [-0.1, -0.05) is 18.2 Å². The standard InChI is InChI=1S/C12H14F3NO/c13-12(14,15)11-4-2-1-3-9(11)7-16-6-5-10(17)8-16/h1-4,10,17H,5-8H2/t10-/m1/s1. The number of nitrogens with zero attached hydrogens (tertiary/aromatic N) is 1. The number of hydrogen-bond donors (Lipinski definition) is 1. The maximum absolute atomic E-state index is 12.7. The first-order valence-corrected chi connectivity index (χ1v) is 5.52. The third kappa shape index (κ3) is 2.98. The number of benzene rings is 1. The van der Waals surface area contributed by atoms with Crippen LogP contribution in [-0.4, -0.2) is 29.2 Å². The summed E-state index contributed by atoms with van der Waals surface area (Å²) in [6, 6.07) is 5.59. The van der Waals surface area contributed by atoms with Crippen LogP contribution in [0.15, 0.2) is 24.3 Å². The molecule has 1 aromatic carbocycles. The van der Waals surface area contributed by atoms with Gasteiger partial charge >= 0.3 is 6.18 Å². The zero-order valence-electron chi connectivity index (χ0n) is 9.24. The molecule has 1 fully saturated rings. The van der Waals surface area contributed by atoms with E-state index in [1.807, 2.05) is 4.90 Å². The fraction of sp³-hybridized carbons (Fsp3) is 0.500. The first-order valence-electron chi connectivity index (χ1n) is 5.52. The number of rotatable bonds is 2. The van der Waals surface area contributed by atoms with Crippen molar-refractivity contribution in [3.05, 3.63) is 35.4 Å². The van der Waals surface area contributed by atoms with E-state index < -0.39 is 17.8 Å². The zero-order valence-corrected chi connectivity index (χ0v) is 9.24. The van der Waals surface area contributed by atoms with Gasteiger partial charge in [0.05, 0.1) is 11.7 Å². The summed E-state index contributed by atoms with van der Waals surface area (Å²) < 4.78 is 38.2. The lowest BCUT2D eigenvalue weighted by Gasteiger charge is -2.18. The Morgan fingerprint density at radius 1 is 1.29 bits per heavy atom. The van der Waals surface area contributed by atoms with Gasteiger partial charge in [0.1, 0.15) is 0 Å². The summed E-state index contributed by atoms with van der Waals surface area (Å²) in [5.41, 5.74) is -0.310. The van der Waals surface area contributed by atoms with Crippen LogP contribution in [0.1, 0.15) is 17.5 Å². The molecule has 1 aromatic rings. The van der Waals surface area contributed by atoms with Gasteiger partial charge in [-0.05, 0) is 18.1 Å². The molecule has 0 unspecified atom stereocenters. The van der Waals surface area contributed by atoms with Crippen LogP contribution >= 0.6 is 0 Å². The molecule has 17 heavy (non-hydrogen) atoms. The van der Waals surface area contributed by atoms with Gasteiger partial charge in [-0.15, -0.1) is 0 Å². The van der Waals surface area contributed by atoms with E-state index in [0.717, 1.165) is 6.07 Å². The van der Waals surface area contributed by atoms with Crippen LogP contribution in [0.3, 0.4) is 0 Å². The summed E-state index contributed by atoms with van der Waals surface area (Å²) in [4.78, 5) is 1.84. The molecule has 0 aliphatic carbocycles. The van der Waals surface area contributed by atoms with E-state index in [9.17, 15) is 18.3 Å². The van der Waals surface area contributed by atoms with E-state index in [-0.39, 0.29) is 12.1 Å². The lowest BCUT2D eigenvalue weighted by Crippen LogP contribution is -2.23. The Kier molecular flexibility index (Phi) is 3.40. The molecule has 94 valence electrons. The highest BCUT2D eigenvalue weighted by Crippen LogP contribution is 2.32. The Labute approximate surface area is 97.7 Å². The summed E-state index contributed by atoms with van der Waals surface area (Å²) in [6.07, 6.45) is -4.09. The smallest absolute Gasteiger partial charge is 0.392 e. The zero-order chi connectivity index (χ0) is 12.5. The molecule has 1 heterocycles. The Bertz CT molecular complexity index is 392. The molecule has 1 aliphatic rings. The van der Waals surface area contributed by atoms with Gasteiger partial charge in [-0.3, -0.25) is 4.90 Å². The highest BCUT2D eigenvalue weighted by atomic mass is 19.4. The molecule has 0 bridgehead atoms. The van der Waals surface area contributed by atoms with Gasteiger partial charge in [0, 0.05) is 19.6 Å². The molecule has 2 nitrogen and oxygen atoms in total. The number of aliphatic hydroxyl groups is 1. The Hall–Kier alpha value is -1.07. The van der Waals surface area contributed by atoms with Crippen LogP contribution in [0.5, 0.6) is 0 Å². The van der Waals surface area contributed by atoms with E-state index in [2.05, 4.69) is 0 Å². The molecule has 0 spiro atoms. The molecular weight excluding hydrogens is 231 g/mol. The molecule has 0 saturated carbocycles. The predicted octanol–water partition coefficient (Wildman–Crippen LogP) is 2.27. The van der Waals surface area contributed by atoms with Crippen molar-refractivity contribution in [3.63, 3.8) is 0 Å². The van der Waals surface area contributed by atoms with Gasteiger partial charge in [0.15, 0.2) is 0 Å². The molecule has 1 aliphatic heterocycles. The summed E-state index contributed by atoms with van der Waals surface area (Å²) >= 11 is 0. The normalized spacial score (nSPS) is 22.0. The molecular formula is C12H14F3NO. The molecule has 5 heteroatoms. The quantitative estimate of drug-likeness (QED) is 0.864. The number of halogens is 3. The highest BCUT2D eigenvalue weighted by molar-refractivity contribution is 5.29. The Balaban J connectivity index is 2.15. The number of likely N-dealkylation sites (tertiary alicyclic amines) is 1. The predicted molar refractivity (Wildman–Crippen MR) is 57.3 cm³/mol. The van der Waals surface area contributed by atoms with Gasteiger partial charge in [-0.25, -0.2) is 0 Å². The fourth-order valence-electron chi connectivity index (χ4n) is 2.13. The van der Waals surface area contributed by atoms with Gasteiger partial charge in [-0.2, -0.15) is 13.2 Å². The summed E-state index contributed by atoms with van der Waals surface area (Å²) in [7, 11) is 0. The molecule has 1 N–H and O–H groups in total. The van der Waals surface area contributed by atoms with Crippen molar-refractivity contribution in [3.8, 4) is 0 Å². The minimum atomic E-state index is -4.31. The third-order valence-electron chi connectivity index (χ3n) is 2.96. The van der Waals surface area contributed by atoms with Crippen molar-refractivity contribution in [2.24, 2.45) is 0 Å². The first kappa shape index (κ1) is 12.4. The second-order valence-corrected chi connectivity index (χ2v) is 4.33. The lowest BCUT2D eigenvalue weighted by molar-refractivity contribution is -0.138. The van der Waals surface area contributed by atoms with E-state index >= 15 is 0 Å². The number of hydrogen-bond acceptors (Lipinski definition) is 2. The first-order chi connectivity index (χ1) is 7.97. The molecule has 2 rings (SSSR count). The van der Waals surface area contributed by atoms with Gasteiger partial charge in [0.2, 0.25) is 0 Å². The van der Waals surface area contributed by atoms with Crippen LogP contribution in [-0.2, 0) is 12.7 Å². The lowest BCUT2D eigenvalue weighted by atomic mass is 10.1. The third-order valence-corrected chi connectivity index (χ3v) is 2.96. The fourth-order valence-corrected chi connectivity index (χ4v) is 2.13. The van der Waals surface area contributed by atoms with Crippen LogP contribution in [0, 0.1) is 0 Å². The van der Waals surface area contributed by atoms with E-state index in [4.69, 9.17) is 0 Å². The van der Waals surface area contributed by atoms with Crippen LogP contribution in [0.25, 0.3) is 0 Å². The van der Waals surface area contributed by atoms with Crippen molar-refractivity contribution in [2.75, 3.05) is 13.1 Å². The van der Waals surface area contributed by atoms with Crippen molar-refractivity contribution >= 4 is 0 Å². The second kappa shape index (κ2) is 4.66. The molecule has 1 atom stereocenters. The molecule has 1 saturated heterocycles. The molecule has 0 aromatic heterocycles. The van der Waals surface area contributed by atoms with Crippen molar-refractivity contribution < 1.29 is 18.3 Å². The number of aliphatic hydroxyl groups excluding tert-OH is 1. The topological polar surface area (TPSA) is 23.5 Å². The minimum absolute atomic E-state index is 0.243.